The normalized spacial score (nSPS) is 16.3. The van der Waals surface area contributed by atoms with Crippen molar-refractivity contribution in [2.75, 3.05) is 46.4 Å². The van der Waals surface area contributed by atoms with Crippen LogP contribution >= 0.6 is 11.6 Å². The molecule has 0 spiro atoms. The summed E-state index contributed by atoms with van der Waals surface area (Å²) in [6.07, 6.45) is 0.436. The standard InChI is InChI=1S/C22H27ClN2O2/c1-27-16-15-24-11-13-25(14-12-24)22(26)17-20(18-7-3-2-4-8-18)19-9-5-6-10-21(19)23/h2-10,20H,11-17H2,1H3. The molecule has 1 heterocycles. The SMILES string of the molecule is COCCN1CCN(C(=O)CC(c2ccccc2)c2ccccc2Cl)CC1. The molecule has 2 aromatic carbocycles. The van der Waals surface area contributed by atoms with Gasteiger partial charge in [0.15, 0.2) is 0 Å². The van der Waals surface area contributed by atoms with Gasteiger partial charge in [0.2, 0.25) is 5.91 Å². The van der Waals surface area contributed by atoms with Crippen molar-refractivity contribution in [2.45, 2.75) is 12.3 Å². The fourth-order valence-corrected chi connectivity index (χ4v) is 3.86. The second-order valence-electron chi connectivity index (χ2n) is 6.90. The van der Waals surface area contributed by atoms with E-state index in [2.05, 4.69) is 17.0 Å². The number of hydrogen-bond donors (Lipinski definition) is 0. The van der Waals surface area contributed by atoms with Crippen molar-refractivity contribution in [3.63, 3.8) is 0 Å². The molecule has 2 aromatic rings. The molecule has 4 nitrogen and oxygen atoms in total. The summed E-state index contributed by atoms with van der Waals surface area (Å²) in [5.74, 6) is 0.161. The summed E-state index contributed by atoms with van der Waals surface area (Å²) in [7, 11) is 1.72. The molecule has 0 saturated carbocycles. The Labute approximate surface area is 166 Å². The molecular formula is C22H27ClN2O2. The molecule has 1 fully saturated rings. The Kier molecular flexibility index (Phi) is 7.27. The first-order valence-corrected chi connectivity index (χ1v) is 9.85. The minimum Gasteiger partial charge on any atom is -0.383 e. The van der Waals surface area contributed by atoms with Crippen LogP contribution in [0.25, 0.3) is 0 Å². The van der Waals surface area contributed by atoms with Crippen LogP contribution in [-0.4, -0.2) is 62.1 Å². The van der Waals surface area contributed by atoms with Gasteiger partial charge in [0.05, 0.1) is 6.61 Å². The average Bonchev–Trinajstić information content (AvgIpc) is 2.72. The first kappa shape index (κ1) is 19.9. The summed E-state index contributed by atoms with van der Waals surface area (Å²) in [4.78, 5) is 17.4. The molecule has 27 heavy (non-hydrogen) atoms. The van der Waals surface area contributed by atoms with E-state index in [0.717, 1.165) is 50.5 Å². The van der Waals surface area contributed by atoms with E-state index in [1.54, 1.807) is 7.11 Å². The number of nitrogens with zero attached hydrogens (tertiary/aromatic N) is 2. The summed E-state index contributed by atoms with van der Waals surface area (Å²) in [6.45, 7) is 4.99. The van der Waals surface area contributed by atoms with Gasteiger partial charge in [-0.15, -0.1) is 0 Å². The summed E-state index contributed by atoms with van der Waals surface area (Å²) < 4.78 is 5.15. The predicted molar refractivity (Wildman–Crippen MR) is 109 cm³/mol. The zero-order valence-electron chi connectivity index (χ0n) is 15.8. The highest BCUT2D eigenvalue weighted by molar-refractivity contribution is 6.31. The van der Waals surface area contributed by atoms with Gasteiger partial charge in [-0.25, -0.2) is 0 Å². The highest BCUT2D eigenvalue weighted by atomic mass is 35.5. The van der Waals surface area contributed by atoms with Crippen molar-refractivity contribution in [3.05, 3.63) is 70.7 Å². The Morgan fingerprint density at radius 2 is 1.70 bits per heavy atom. The molecule has 0 radical (unpaired) electrons. The molecule has 0 bridgehead atoms. The molecule has 1 aliphatic rings. The maximum absolute atomic E-state index is 13.0. The van der Waals surface area contributed by atoms with Crippen molar-refractivity contribution in [1.82, 2.24) is 9.80 Å². The summed E-state index contributed by atoms with van der Waals surface area (Å²) in [6, 6.07) is 18.0. The number of hydrogen-bond acceptors (Lipinski definition) is 3. The molecule has 1 atom stereocenters. The fraction of sp³-hybridized carbons (Fsp3) is 0.409. The molecule has 0 aromatic heterocycles. The van der Waals surface area contributed by atoms with Crippen LogP contribution in [0.2, 0.25) is 5.02 Å². The van der Waals surface area contributed by atoms with E-state index in [0.29, 0.717) is 11.4 Å². The van der Waals surface area contributed by atoms with Crippen molar-refractivity contribution >= 4 is 17.5 Å². The van der Waals surface area contributed by atoms with E-state index in [4.69, 9.17) is 16.3 Å². The number of rotatable bonds is 7. The van der Waals surface area contributed by atoms with Gasteiger partial charge in [0.1, 0.15) is 0 Å². The largest absolute Gasteiger partial charge is 0.383 e. The molecule has 1 aliphatic heterocycles. The first-order valence-electron chi connectivity index (χ1n) is 9.47. The minimum absolute atomic E-state index is 0.0288. The maximum Gasteiger partial charge on any atom is 0.223 e. The zero-order valence-corrected chi connectivity index (χ0v) is 16.6. The molecular weight excluding hydrogens is 360 g/mol. The van der Waals surface area contributed by atoms with Crippen LogP contribution in [-0.2, 0) is 9.53 Å². The minimum atomic E-state index is -0.0288. The smallest absolute Gasteiger partial charge is 0.223 e. The number of benzene rings is 2. The lowest BCUT2D eigenvalue weighted by Crippen LogP contribution is -2.49. The Balaban J connectivity index is 1.70. The van der Waals surface area contributed by atoms with Gasteiger partial charge in [0, 0.05) is 57.2 Å². The van der Waals surface area contributed by atoms with Crippen molar-refractivity contribution < 1.29 is 9.53 Å². The van der Waals surface area contributed by atoms with E-state index < -0.39 is 0 Å². The molecule has 5 heteroatoms. The fourth-order valence-electron chi connectivity index (χ4n) is 3.60. The summed E-state index contributed by atoms with van der Waals surface area (Å²) >= 11 is 6.46. The van der Waals surface area contributed by atoms with Gasteiger partial charge >= 0.3 is 0 Å². The van der Waals surface area contributed by atoms with E-state index in [9.17, 15) is 4.79 Å². The Morgan fingerprint density at radius 3 is 2.37 bits per heavy atom. The number of piperazine rings is 1. The third-order valence-electron chi connectivity index (χ3n) is 5.20. The third-order valence-corrected chi connectivity index (χ3v) is 5.54. The van der Waals surface area contributed by atoms with E-state index in [1.807, 2.05) is 47.4 Å². The van der Waals surface area contributed by atoms with Gasteiger partial charge in [-0.05, 0) is 17.2 Å². The third kappa shape index (κ3) is 5.32. The molecule has 0 N–H and O–H groups in total. The van der Waals surface area contributed by atoms with E-state index >= 15 is 0 Å². The van der Waals surface area contributed by atoms with Crippen LogP contribution in [0, 0.1) is 0 Å². The summed E-state index contributed by atoms with van der Waals surface area (Å²) in [5, 5.41) is 0.712. The molecule has 3 rings (SSSR count). The van der Waals surface area contributed by atoms with Crippen LogP contribution in [0.3, 0.4) is 0 Å². The second-order valence-corrected chi connectivity index (χ2v) is 7.31. The van der Waals surface area contributed by atoms with Crippen LogP contribution in [0.1, 0.15) is 23.5 Å². The number of halogens is 1. The molecule has 0 aliphatic carbocycles. The number of methoxy groups -OCH3 is 1. The maximum atomic E-state index is 13.0. The van der Waals surface area contributed by atoms with Crippen LogP contribution < -0.4 is 0 Å². The lowest BCUT2D eigenvalue weighted by Gasteiger charge is -2.35. The van der Waals surface area contributed by atoms with Crippen LogP contribution in [0.15, 0.2) is 54.6 Å². The second kappa shape index (κ2) is 9.88. The first-order chi connectivity index (χ1) is 13.2. The Morgan fingerprint density at radius 1 is 1.04 bits per heavy atom. The number of carbonyl (C=O) groups excluding carboxylic acids is 1. The van der Waals surface area contributed by atoms with Crippen molar-refractivity contribution in [3.8, 4) is 0 Å². The highest BCUT2D eigenvalue weighted by Crippen LogP contribution is 2.33. The van der Waals surface area contributed by atoms with Crippen molar-refractivity contribution in [2.24, 2.45) is 0 Å². The molecule has 1 saturated heterocycles. The Hall–Kier alpha value is -1.88. The van der Waals surface area contributed by atoms with Crippen LogP contribution in [0.4, 0.5) is 0 Å². The van der Waals surface area contributed by atoms with Gasteiger partial charge in [-0.3, -0.25) is 9.69 Å². The Bertz CT molecular complexity index is 730. The average molecular weight is 387 g/mol. The quantitative estimate of drug-likeness (QED) is 0.728. The van der Waals surface area contributed by atoms with Gasteiger partial charge < -0.3 is 9.64 Å². The van der Waals surface area contributed by atoms with E-state index in [-0.39, 0.29) is 11.8 Å². The van der Waals surface area contributed by atoms with Gasteiger partial charge in [-0.1, -0.05) is 60.1 Å². The zero-order chi connectivity index (χ0) is 19.1. The lowest BCUT2D eigenvalue weighted by molar-refractivity contribution is -0.133. The van der Waals surface area contributed by atoms with Gasteiger partial charge in [0.25, 0.3) is 0 Å². The number of amides is 1. The van der Waals surface area contributed by atoms with Crippen molar-refractivity contribution in [1.29, 1.82) is 0 Å². The highest BCUT2D eigenvalue weighted by Gasteiger charge is 2.26. The van der Waals surface area contributed by atoms with Crippen LogP contribution in [0.5, 0.6) is 0 Å². The number of carbonyl (C=O) groups is 1. The molecule has 144 valence electrons. The van der Waals surface area contributed by atoms with E-state index in [1.165, 1.54) is 0 Å². The molecule has 1 unspecified atom stereocenters. The monoisotopic (exact) mass is 386 g/mol. The van der Waals surface area contributed by atoms with Gasteiger partial charge in [-0.2, -0.15) is 0 Å². The predicted octanol–water partition coefficient (Wildman–Crippen LogP) is 3.65. The topological polar surface area (TPSA) is 32.8 Å². The molecule has 1 amide bonds. The number of ether oxygens (including phenoxy) is 1. The lowest BCUT2D eigenvalue weighted by atomic mass is 9.88. The summed E-state index contributed by atoms with van der Waals surface area (Å²) in [5.41, 5.74) is 2.13.